The van der Waals surface area contributed by atoms with Crippen LogP contribution >= 0.6 is 15.9 Å². The number of halogens is 1. The minimum Gasteiger partial charge on any atom is -0.375 e. The van der Waals surface area contributed by atoms with Crippen molar-refractivity contribution in [3.63, 3.8) is 0 Å². The molecule has 152 valence electrons. The second-order valence-corrected chi connectivity index (χ2v) is 9.07. The van der Waals surface area contributed by atoms with E-state index in [4.69, 9.17) is 4.74 Å². The zero-order valence-electron chi connectivity index (χ0n) is 17.7. The lowest BCUT2D eigenvalue weighted by Gasteiger charge is -2.29. The second-order valence-electron chi connectivity index (χ2n) is 8.28. The molecule has 0 aromatic carbocycles. The lowest BCUT2D eigenvalue weighted by Crippen LogP contribution is -2.43. The summed E-state index contributed by atoms with van der Waals surface area (Å²) in [6.45, 7) is 6.43. The SMILES string of the molecule is CCCCCCCCCCCCCCCC[N+](C)(C)CCOCCBr. The van der Waals surface area contributed by atoms with E-state index in [0.717, 1.165) is 29.6 Å². The van der Waals surface area contributed by atoms with Gasteiger partial charge in [0.05, 0.1) is 33.9 Å². The molecule has 0 aliphatic rings. The Labute approximate surface area is 167 Å². The number of nitrogens with zero attached hydrogens (tertiary/aromatic N) is 1. The molecule has 0 aliphatic carbocycles. The van der Waals surface area contributed by atoms with Crippen molar-refractivity contribution in [1.82, 2.24) is 0 Å². The van der Waals surface area contributed by atoms with Gasteiger partial charge in [0.1, 0.15) is 6.54 Å². The Morgan fingerprint density at radius 1 is 0.600 bits per heavy atom. The third-order valence-electron chi connectivity index (χ3n) is 5.18. The summed E-state index contributed by atoms with van der Waals surface area (Å²) < 4.78 is 6.68. The van der Waals surface area contributed by atoms with Gasteiger partial charge in [-0.1, -0.05) is 99.9 Å². The molecule has 0 spiro atoms. The fraction of sp³-hybridized carbons (Fsp3) is 1.00. The maximum absolute atomic E-state index is 5.58. The van der Waals surface area contributed by atoms with Gasteiger partial charge in [0.15, 0.2) is 0 Å². The van der Waals surface area contributed by atoms with Crippen LogP contribution in [-0.2, 0) is 4.74 Å². The molecule has 0 aliphatic heterocycles. The largest absolute Gasteiger partial charge is 0.375 e. The van der Waals surface area contributed by atoms with Crippen LogP contribution in [0.5, 0.6) is 0 Å². The number of alkyl halides is 1. The van der Waals surface area contributed by atoms with E-state index in [9.17, 15) is 0 Å². The Hall–Kier alpha value is 0.400. The molecule has 0 fully saturated rings. The predicted molar refractivity (Wildman–Crippen MR) is 117 cm³/mol. The van der Waals surface area contributed by atoms with Gasteiger partial charge in [-0.3, -0.25) is 0 Å². The number of rotatable bonds is 20. The van der Waals surface area contributed by atoms with Crippen LogP contribution in [0.1, 0.15) is 96.8 Å². The van der Waals surface area contributed by atoms with Crippen LogP contribution < -0.4 is 0 Å². The molecule has 25 heavy (non-hydrogen) atoms. The lowest BCUT2D eigenvalue weighted by atomic mass is 10.0. The zero-order valence-corrected chi connectivity index (χ0v) is 19.3. The highest BCUT2D eigenvalue weighted by Gasteiger charge is 2.13. The van der Waals surface area contributed by atoms with E-state index >= 15 is 0 Å². The Kier molecular flexibility index (Phi) is 19.5. The number of ether oxygens (including phenoxy) is 1. The minimum atomic E-state index is 0.832. The Balaban J connectivity index is 3.22. The standard InChI is InChI=1S/C22H47BrNO/c1-4-5-6-7-8-9-10-11-12-13-14-15-16-17-19-24(2,3)20-22-25-21-18-23/h4-22H2,1-3H3/q+1. The highest BCUT2D eigenvalue weighted by molar-refractivity contribution is 9.09. The first-order valence-electron chi connectivity index (χ1n) is 11.1. The van der Waals surface area contributed by atoms with Crippen LogP contribution in [-0.4, -0.2) is 50.2 Å². The molecule has 0 unspecified atom stereocenters. The lowest BCUT2D eigenvalue weighted by molar-refractivity contribution is -0.890. The summed E-state index contributed by atoms with van der Waals surface area (Å²) in [5.41, 5.74) is 0. The van der Waals surface area contributed by atoms with E-state index in [1.54, 1.807) is 0 Å². The first-order valence-corrected chi connectivity index (χ1v) is 12.2. The van der Waals surface area contributed by atoms with Crippen molar-refractivity contribution in [1.29, 1.82) is 0 Å². The van der Waals surface area contributed by atoms with Crippen LogP contribution in [0.4, 0.5) is 0 Å². The van der Waals surface area contributed by atoms with Gasteiger partial charge >= 0.3 is 0 Å². The molecule has 0 heterocycles. The van der Waals surface area contributed by atoms with E-state index in [-0.39, 0.29) is 0 Å². The molecule has 3 heteroatoms. The topological polar surface area (TPSA) is 9.23 Å². The minimum absolute atomic E-state index is 0.832. The summed E-state index contributed by atoms with van der Waals surface area (Å²) in [5.74, 6) is 0. The van der Waals surface area contributed by atoms with Gasteiger partial charge in [-0.2, -0.15) is 0 Å². The van der Waals surface area contributed by atoms with Crippen molar-refractivity contribution in [2.45, 2.75) is 96.8 Å². The molecule has 0 aromatic rings. The van der Waals surface area contributed by atoms with Crippen molar-refractivity contribution in [2.24, 2.45) is 0 Å². The summed E-state index contributed by atoms with van der Waals surface area (Å²) in [4.78, 5) is 0. The highest BCUT2D eigenvalue weighted by atomic mass is 79.9. The van der Waals surface area contributed by atoms with Crippen LogP contribution in [0.2, 0.25) is 0 Å². The Morgan fingerprint density at radius 2 is 1.04 bits per heavy atom. The van der Waals surface area contributed by atoms with Crippen LogP contribution in [0.3, 0.4) is 0 Å². The van der Waals surface area contributed by atoms with E-state index < -0.39 is 0 Å². The van der Waals surface area contributed by atoms with Gasteiger partial charge in [0.2, 0.25) is 0 Å². The summed E-state index contributed by atoms with van der Waals surface area (Å²) >= 11 is 3.40. The normalized spacial score (nSPS) is 12.0. The van der Waals surface area contributed by atoms with Crippen LogP contribution in [0, 0.1) is 0 Å². The molecule has 2 nitrogen and oxygen atoms in total. The third kappa shape index (κ3) is 20.6. The molecule has 0 aromatic heterocycles. The van der Waals surface area contributed by atoms with Gasteiger partial charge in [0.25, 0.3) is 0 Å². The Bertz CT molecular complexity index is 258. The summed E-state index contributed by atoms with van der Waals surface area (Å²) in [6.07, 6.45) is 20.1. The smallest absolute Gasteiger partial charge is 0.102 e. The Morgan fingerprint density at radius 3 is 1.48 bits per heavy atom. The van der Waals surface area contributed by atoms with Gasteiger partial charge in [-0.25, -0.2) is 0 Å². The van der Waals surface area contributed by atoms with Crippen molar-refractivity contribution < 1.29 is 9.22 Å². The molecule has 0 saturated carbocycles. The first-order chi connectivity index (χ1) is 12.1. The molecule has 0 amide bonds. The van der Waals surface area contributed by atoms with Crippen molar-refractivity contribution >= 4 is 15.9 Å². The molecule has 0 N–H and O–H groups in total. The van der Waals surface area contributed by atoms with Gasteiger partial charge in [-0.05, 0) is 12.8 Å². The monoisotopic (exact) mass is 420 g/mol. The molecule has 0 bridgehead atoms. The number of hydrogen-bond acceptors (Lipinski definition) is 1. The maximum Gasteiger partial charge on any atom is 0.102 e. The van der Waals surface area contributed by atoms with Crippen LogP contribution in [0.25, 0.3) is 0 Å². The van der Waals surface area contributed by atoms with Crippen molar-refractivity contribution in [3.8, 4) is 0 Å². The van der Waals surface area contributed by atoms with E-state index in [0.29, 0.717) is 0 Å². The molecule has 0 saturated heterocycles. The maximum atomic E-state index is 5.58. The summed E-state index contributed by atoms with van der Waals surface area (Å²) in [6, 6.07) is 0. The third-order valence-corrected chi connectivity index (χ3v) is 5.50. The quantitative estimate of drug-likeness (QED) is 0.117. The molecular weight excluding hydrogens is 374 g/mol. The number of hydrogen-bond donors (Lipinski definition) is 0. The summed E-state index contributed by atoms with van der Waals surface area (Å²) in [7, 11) is 4.67. The van der Waals surface area contributed by atoms with E-state index in [1.807, 2.05) is 0 Å². The number of unbranched alkanes of at least 4 members (excludes halogenated alkanes) is 13. The van der Waals surface area contributed by atoms with Crippen molar-refractivity contribution in [2.75, 3.05) is 45.7 Å². The molecule has 0 rings (SSSR count). The summed E-state index contributed by atoms with van der Waals surface area (Å²) in [5, 5.41) is 0.944. The van der Waals surface area contributed by atoms with Gasteiger partial charge < -0.3 is 9.22 Å². The van der Waals surface area contributed by atoms with Crippen molar-refractivity contribution in [3.05, 3.63) is 0 Å². The highest BCUT2D eigenvalue weighted by Crippen LogP contribution is 2.13. The fourth-order valence-electron chi connectivity index (χ4n) is 3.31. The van der Waals surface area contributed by atoms with E-state index in [1.165, 1.54) is 96.4 Å². The zero-order chi connectivity index (χ0) is 18.6. The first kappa shape index (κ1) is 25.4. The molecular formula is C22H47BrNO+. The fourth-order valence-corrected chi connectivity index (χ4v) is 3.54. The number of likely N-dealkylation sites (N-methyl/N-ethyl adjacent to an activating group) is 1. The second kappa shape index (κ2) is 19.2. The average Bonchev–Trinajstić information content (AvgIpc) is 2.59. The molecule has 0 atom stereocenters. The van der Waals surface area contributed by atoms with Crippen LogP contribution in [0.15, 0.2) is 0 Å². The van der Waals surface area contributed by atoms with Gasteiger partial charge in [-0.15, -0.1) is 0 Å². The number of quaternary nitrogens is 1. The molecule has 0 radical (unpaired) electrons. The van der Waals surface area contributed by atoms with E-state index in [2.05, 4.69) is 36.9 Å². The average molecular weight is 422 g/mol. The van der Waals surface area contributed by atoms with Gasteiger partial charge in [0, 0.05) is 5.33 Å². The predicted octanol–water partition coefficient (Wildman–Crippen LogP) is 6.96.